The molecule has 3 nitrogen and oxygen atoms in total. The van der Waals surface area contributed by atoms with Gasteiger partial charge < -0.3 is 9.47 Å². The molecule has 0 saturated carbocycles. The lowest BCUT2D eigenvalue weighted by Crippen LogP contribution is -1.97. The van der Waals surface area contributed by atoms with Crippen LogP contribution in [-0.4, -0.2) is 12.1 Å². The summed E-state index contributed by atoms with van der Waals surface area (Å²) in [6, 6.07) is 6.91. The van der Waals surface area contributed by atoms with Gasteiger partial charge in [-0.3, -0.25) is 0 Å². The number of nitrogens with zero attached hydrogens (tertiary/aromatic N) is 1. The SMILES string of the molecule is CCc1cc(OC)c(Oc2cccc(F)n2)cc1F. The van der Waals surface area contributed by atoms with Crippen molar-refractivity contribution in [1.29, 1.82) is 0 Å². The Morgan fingerprint density at radius 2 is 1.95 bits per heavy atom. The van der Waals surface area contributed by atoms with Gasteiger partial charge in [0.1, 0.15) is 5.82 Å². The molecule has 0 spiro atoms. The maximum atomic E-state index is 13.7. The first-order valence-corrected chi connectivity index (χ1v) is 5.81. The van der Waals surface area contributed by atoms with Crippen LogP contribution in [0.4, 0.5) is 8.78 Å². The highest BCUT2D eigenvalue weighted by molar-refractivity contribution is 5.45. The second-order valence-corrected chi connectivity index (χ2v) is 3.85. The first-order valence-electron chi connectivity index (χ1n) is 5.81. The number of ether oxygens (including phenoxy) is 2. The first kappa shape index (κ1) is 13.3. The van der Waals surface area contributed by atoms with Gasteiger partial charge in [-0.2, -0.15) is 9.37 Å². The highest BCUT2D eigenvalue weighted by atomic mass is 19.1. The van der Waals surface area contributed by atoms with E-state index in [1.165, 1.54) is 31.4 Å². The molecule has 0 unspecified atom stereocenters. The van der Waals surface area contributed by atoms with Crippen molar-refractivity contribution in [2.75, 3.05) is 7.11 Å². The minimum absolute atomic E-state index is 0.0435. The van der Waals surface area contributed by atoms with E-state index in [2.05, 4.69) is 4.98 Å². The molecule has 1 aromatic heterocycles. The molecule has 0 radical (unpaired) electrons. The molecule has 0 aliphatic heterocycles. The van der Waals surface area contributed by atoms with Gasteiger partial charge >= 0.3 is 0 Å². The molecular formula is C14H13F2NO2. The zero-order valence-corrected chi connectivity index (χ0v) is 10.6. The summed E-state index contributed by atoms with van der Waals surface area (Å²) in [6.45, 7) is 1.84. The van der Waals surface area contributed by atoms with E-state index in [1.807, 2.05) is 6.92 Å². The number of aryl methyl sites for hydroxylation is 1. The number of hydrogen-bond acceptors (Lipinski definition) is 3. The Morgan fingerprint density at radius 3 is 2.58 bits per heavy atom. The third-order valence-electron chi connectivity index (χ3n) is 2.62. The van der Waals surface area contributed by atoms with E-state index in [1.54, 1.807) is 6.07 Å². The lowest BCUT2D eigenvalue weighted by atomic mass is 10.1. The summed E-state index contributed by atoms with van der Waals surface area (Å²) in [4.78, 5) is 3.55. The fourth-order valence-corrected chi connectivity index (χ4v) is 1.65. The summed E-state index contributed by atoms with van der Waals surface area (Å²) in [5.74, 6) is -0.474. The molecule has 0 aliphatic carbocycles. The molecule has 0 bridgehead atoms. The quantitative estimate of drug-likeness (QED) is 0.789. The molecule has 100 valence electrons. The molecule has 2 rings (SSSR count). The topological polar surface area (TPSA) is 31.4 Å². The molecule has 2 aromatic rings. The molecule has 0 saturated heterocycles. The van der Waals surface area contributed by atoms with Crippen LogP contribution in [0.1, 0.15) is 12.5 Å². The van der Waals surface area contributed by atoms with Crippen molar-refractivity contribution in [1.82, 2.24) is 4.98 Å². The highest BCUT2D eigenvalue weighted by Gasteiger charge is 2.12. The van der Waals surface area contributed by atoms with E-state index in [4.69, 9.17) is 9.47 Å². The van der Waals surface area contributed by atoms with Crippen molar-refractivity contribution >= 4 is 0 Å². The van der Waals surface area contributed by atoms with Crippen molar-refractivity contribution in [3.63, 3.8) is 0 Å². The normalized spacial score (nSPS) is 10.3. The fraction of sp³-hybridized carbons (Fsp3) is 0.214. The van der Waals surface area contributed by atoms with Gasteiger partial charge in [-0.1, -0.05) is 13.0 Å². The monoisotopic (exact) mass is 265 g/mol. The van der Waals surface area contributed by atoms with Gasteiger partial charge in [0.25, 0.3) is 0 Å². The number of benzene rings is 1. The standard InChI is InChI=1S/C14H13F2NO2/c1-3-9-7-11(18-2)12(8-10(9)15)19-14-6-4-5-13(16)17-14/h4-8H,3H2,1-2H3. The van der Waals surface area contributed by atoms with Gasteiger partial charge in [-0.05, 0) is 24.1 Å². The van der Waals surface area contributed by atoms with Crippen LogP contribution < -0.4 is 9.47 Å². The van der Waals surface area contributed by atoms with Gasteiger partial charge in [0, 0.05) is 12.1 Å². The van der Waals surface area contributed by atoms with Crippen molar-refractivity contribution in [2.45, 2.75) is 13.3 Å². The average molecular weight is 265 g/mol. The van der Waals surface area contributed by atoms with Gasteiger partial charge in [0.05, 0.1) is 7.11 Å². The van der Waals surface area contributed by atoms with Gasteiger partial charge in [0.2, 0.25) is 11.8 Å². The maximum absolute atomic E-state index is 13.7. The Bertz CT molecular complexity index is 588. The van der Waals surface area contributed by atoms with Crippen molar-refractivity contribution in [3.8, 4) is 17.4 Å². The number of pyridine rings is 1. The molecule has 19 heavy (non-hydrogen) atoms. The van der Waals surface area contributed by atoms with E-state index < -0.39 is 11.8 Å². The van der Waals surface area contributed by atoms with Crippen LogP contribution in [0.2, 0.25) is 0 Å². The average Bonchev–Trinajstić information content (AvgIpc) is 2.39. The van der Waals surface area contributed by atoms with E-state index in [0.29, 0.717) is 17.7 Å². The van der Waals surface area contributed by atoms with Crippen LogP contribution in [-0.2, 0) is 6.42 Å². The summed E-state index contributed by atoms with van der Waals surface area (Å²) in [6.07, 6.45) is 0.542. The number of methoxy groups -OCH3 is 1. The molecule has 0 fully saturated rings. The van der Waals surface area contributed by atoms with Crippen LogP contribution in [0, 0.1) is 11.8 Å². The Kier molecular flexibility index (Phi) is 3.94. The van der Waals surface area contributed by atoms with Gasteiger partial charge in [-0.15, -0.1) is 0 Å². The molecule has 0 N–H and O–H groups in total. The van der Waals surface area contributed by atoms with Gasteiger partial charge in [-0.25, -0.2) is 4.39 Å². The highest BCUT2D eigenvalue weighted by Crippen LogP contribution is 2.33. The molecule has 5 heteroatoms. The predicted octanol–water partition coefficient (Wildman–Crippen LogP) is 3.72. The third-order valence-corrected chi connectivity index (χ3v) is 2.62. The van der Waals surface area contributed by atoms with Crippen LogP contribution in [0.3, 0.4) is 0 Å². The Labute approximate surface area is 109 Å². The predicted molar refractivity (Wildman–Crippen MR) is 66.6 cm³/mol. The third kappa shape index (κ3) is 2.99. The molecule has 0 atom stereocenters. The largest absolute Gasteiger partial charge is 0.493 e. The van der Waals surface area contributed by atoms with E-state index in [9.17, 15) is 8.78 Å². The lowest BCUT2D eigenvalue weighted by molar-refractivity contribution is 0.368. The van der Waals surface area contributed by atoms with E-state index >= 15 is 0 Å². The second-order valence-electron chi connectivity index (χ2n) is 3.85. The minimum Gasteiger partial charge on any atom is -0.493 e. The van der Waals surface area contributed by atoms with E-state index in [-0.39, 0.29) is 11.6 Å². The van der Waals surface area contributed by atoms with Gasteiger partial charge in [0.15, 0.2) is 11.5 Å². The zero-order valence-electron chi connectivity index (χ0n) is 10.6. The lowest BCUT2D eigenvalue weighted by Gasteiger charge is -2.11. The Morgan fingerprint density at radius 1 is 1.16 bits per heavy atom. The summed E-state index contributed by atoms with van der Waals surface area (Å²) in [7, 11) is 1.46. The van der Waals surface area contributed by atoms with Crippen LogP contribution in [0.5, 0.6) is 17.4 Å². The van der Waals surface area contributed by atoms with Crippen molar-refractivity contribution in [2.24, 2.45) is 0 Å². The fourth-order valence-electron chi connectivity index (χ4n) is 1.65. The number of rotatable bonds is 4. The van der Waals surface area contributed by atoms with E-state index in [0.717, 1.165) is 0 Å². The summed E-state index contributed by atoms with van der Waals surface area (Å²) in [5, 5.41) is 0. The summed E-state index contributed by atoms with van der Waals surface area (Å²) < 4.78 is 37.2. The minimum atomic E-state index is -0.665. The molecule has 0 aliphatic rings. The number of hydrogen-bond donors (Lipinski definition) is 0. The molecular weight excluding hydrogens is 252 g/mol. The Balaban J connectivity index is 2.36. The molecule has 1 heterocycles. The maximum Gasteiger partial charge on any atom is 0.222 e. The van der Waals surface area contributed by atoms with Crippen molar-refractivity contribution in [3.05, 3.63) is 47.7 Å². The zero-order chi connectivity index (χ0) is 13.8. The Hall–Kier alpha value is -2.17. The first-order chi connectivity index (χ1) is 9.13. The van der Waals surface area contributed by atoms with Crippen LogP contribution in [0.15, 0.2) is 30.3 Å². The van der Waals surface area contributed by atoms with Crippen LogP contribution in [0.25, 0.3) is 0 Å². The summed E-state index contributed by atoms with van der Waals surface area (Å²) in [5.41, 5.74) is 0.524. The molecule has 0 amide bonds. The second kappa shape index (κ2) is 5.65. The number of aromatic nitrogens is 1. The molecule has 1 aromatic carbocycles. The summed E-state index contributed by atoms with van der Waals surface area (Å²) >= 11 is 0. The smallest absolute Gasteiger partial charge is 0.222 e. The van der Waals surface area contributed by atoms with Crippen LogP contribution >= 0.6 is 0 Å². The van der Waals surface area contributed by atoms with Crippen molar-refractivity contribution < 1.29 is 18.3 Å². The number of halogens is 2.